The van der Waals surface area contributed by atoms with Crippen LogP contribution in [-0.2, 0) is 11.2 Å². The molecule has 1 aromatic carbocycles. The van der Waals surface area contributed by atoms with E-state index in [1.54, 1.807) is 13.0 Å². The molecule has 16 heavy (non-hydrogen) atoms. The lowest BCUT2D eigenvalue weighted by atomic mass is 9.98. The smallest absolute Gasteiger partial charge is 0.153 e. The van der Waals surface area contributed by atoms with E-state index in [-0.39, 0.29) is 11.6 Å². The van der Waals surface area contributed by atoms with Gasteiger partial charge in [-0.2, -0.15) is 0 Å². The van der Waals surface area contributed by atoms with Crippen molar-refractivity contribution in [3.63, 3.8) is 0 Å². The number of aryl methyl sites for hydroxylation is 1. The number of nitrogens with two attached hydrogens (primary N) is 1. The largest absolute Gasteiger partial charge is 0.321 e. The molecule has 0 aliphatic carbocycles. The predicted molar refractivity (Wildman–Crippen MR) is 62.7 cm³/mol. The molecule has 0 amide bonds. The quantitative estimate of drug-likeness (QED) is 0.832. The third kappa shape index (κ3) is 3.42. The second kappa shape index (κ2) is 5.75. The molecule has 3 heteroatoms. The zero-order chi connectivity index (χ0) is 12.1. The van der Waals surface area contributed by atoms with Crippen LogP contribution in [-0.4, -0.2) is 11.8 Å². The lowest BCUT2D eigenvalue weighted by Crippen LogP contribution is -2.31. The molecule has 0 bridgehead atoms. The molecular weight excluding hydrogens is 205 g/mol. The molecule has 0 aromatic heterocycles. The van der Waals surface area contributed by atoms with E-state index >= 15 is 0 Å². The molecule has 0 saturated heterocycles. The van der Waals surface area contributed by atoms with E-state index in [4.69, 9.17) is 5.73 Å². The molecule has 0 aliphatic heterocycles. The first-order valence-corrected chi connectivity index (χ1v) is 5.58. The average molecular weight is 223 g/mol. The highest BCUT2D eigenvalue weighted by molar-refractivity contribution is 5.86. The topological polar surface area (TPSA) is 43.1 Å². The molecule has 1 atom stereocenters. The van der Waals surface area contributed by atoms with Gasteiger partial charge >= 0.3 is 0 Å². The average Bonchev–Trinajstić information content (AvgIpc) is 2.22. The Morgan fingerprint density at radius 2 is 2.19 bits per heavy atom. The van der Waals surface area contributed by atoms with Gasteiger partial charge in [0.15, 0.2) is 5.78 Å². The van der Waals surface area contributed by atoms with Crippen molar-refractivity contribution < 1.29 is 9.18 Å². The van der Waals surface area contributed by atoms with Gasteiger partial charge in [-0.15, -0.1) is 0 Å². The minimum atomic E-state index is -0.394. The van der Waals surface area contributed by atoms with Crippen LogP contribution in [0.15, 0.2) is 18.2 Å². The maximum absolute atomic E-state index is 12.9. The number of hydrogen-bond donors (Lipinski definition) is 1. The van der Waals surface area contributed by atoms with Crippen LogP contribution in [0.3, 0.4) is 0 Å². The van der Waals surface area contributed by atoms with Gasteiger partial charge in [-0.1, -0.05) is 19.4 Å². The number of benzene rings is 1. The van der Waals surface area contributed by atoms with Gasteiger partial charge in [0.25, 0.3) is 0 Å². The standard InChI is InChI=1S/C13H18FNO/c1-3-4-12(15)13(16)8-10-5-6-11(14)7-9(10)2/h5-7,12H,3-4,8,15H2,1-2H3. The van der Waals surface area contributed by atoms with Crippen LogP contribution < -0.4 is 5.73 Å². The van der Waals surface area contributed by atoms with Crippen molar-refractivity contribution in [3.05, 3.63) is 35.1 Å². The van der Waals surface area contributed by atoms with Crippen LogP contribution in [0.25, 0.3) is 0 Å². The van der Waals surface area contributed by atoms with Crippen LogP contribution >= 0.6 is 0 Å². The summed E-state index contributed by atoms with van der Waals surface area (Å²) in [5.74, 6) is -0.247. The van der Waals surface area contributed by atoms with E-state index in [0.717, 1.165) is 17.5 Å². The van der Waals surface area contributed by atoms with Crippen LogP contribution in [0, 0.1) is 12.7 Å². The highest BCUT2D eigenvalue weighted by atomic mass is 19.1. The molecule has 88 valence electrons. The van der Waals surface area contributed by atoms with Gasteiger partial charge in [-0.25, -0.2) is 4.39 Å². The minimum absolute atomic E-state index is 0.0246. The van der Waals surface area contributed by atoms with E-state index < -0.39 is 6.04 Å². The van der Waals surface area contributed by atoms with E-state index in [1.165, 1.54) is 12.1 Å². The molecule has 1 unspecified atom stereocenters. The molecule has 0 saturated carbocycles. The van der Waals surface area contributed by atoms with Crippen LogP contribution in [0.4, 0.5) is 4.39 Å². The Bertz CT molecular complexity index is 376. The molecule has 0 heterocycles. The fourth-order valence-corrected chi connectivity index (χ4v) is 1.65. The van der Waals surface area contributed by atoms with Crippen molar-refractivity contribution in [2.24, 2.45) is 5.73 Å². The van der Waals surface area contributed by atoms with E-state index in [9.17, 15) is 9.18 Å². The SMILES string of the molecule is CCCC(N)C(=O)Cc1ccc(F)cc1C. The zero-order valence-electron chi connectivity index (χ0n) is 9.79. The van der Waals surface area contributed by atoms with E-state index in [1.807, 2.05) is 6.92 Å². The van der Waals surface area contributed by atoms with Crippen molar-refractivity contribution in [1.82, 2.24) is 0 Å². The first-order chi connectivity index (χ1) is 7.54. The first-order valence-electron chi connectivity index (χ1n) is 5.58. The number of ketones is 1. The van der Waals surface area contributed by atoms with Crippen molar-refractivity contribution in [3.8, 4) is 0 Å². The third-order valence-corrected chi connectivity index (χ3v) is 2.68. The predicted octanol–water partition coefficient (Wildman–Crippen LogP) is 2.37. The molecule has 0 radical (unpaired) electrons. The minimum Gasteiger partial charge on any atom is -0.321 e. The Kier molecular flexibility index (Phi) is 4.62. The number of hydrogen-bond acceptors (Lipinski definition) is 2. The number of halogens is 1. The maximum Gasteiger partial charge on any atom is 0.153 e. The van der Waals surface area contributed by atoms with Crippen molar-refractivity contribution >= 4 is 5.78 Å². The maximum atomic E-state index is 12.9. The lowest BCUT2D eigenvalue weighted by molar-refractivity contribution is -0.119. The van der Waals surface area contributed by atoms with Gasteiger partial charge < -0.3 is 5.73 Å². The third-order valence-electron chi connectivity index (χ3n) is 2.68. The highest BCUT2D eigenvalue weighted by Gasteiger charge is 2.14. The first kappa shape index (κ1) is 12.8. The summed E-state index contributed by atoms with van der Waals surface area (Å²) in [6.07, 6.45) is 1.90. The van der Waals surface area contributed by atoms with Gasteiger partial charge in [0.1, 0.15) is 5.82 Å². The summed E-state index contributed by atoms with van der Waals surface area (Å²) in [7, 11) is 0. The Hall–Kier alpha value is -1.22. The monoisotopic (exact) mass is 223 g/mol. The summed E-state index contributed by atoms with van der Waals surface area (Å²) < 4.78 is 12.9. The second-order valence-electron chi connectivity index (χ2n) is 4.11. The zero-order valence-corrected chi connectivity index (χ0v) is 9.79. The fraction of sp³-hybridized carbons (Fsp3) is 0.462. The normalized spacial score (nSPS) is 12.5. The summed E-state index contributed by atoms with van der Waals surface area (Å²) in [6, 6.07) is 4.07. The van der Waals surface area contributed by atoms with Crippen LogP contribution in [0.5, 0.6) is 0 Å². The Balaban J connectivity index is 2.69. The summed E-state index contributed by atoms with van der Waals surface area (Å²) in [5.41, 5.74) is 7.39. The van der Waals surface area contributed by atoms with Gasteiger partial charge in [0.2, 0.25) is 0 Å². The molecule has 2 N–H and O–H groups in total. The molecule has 0 fully saturated rings. The highest BCUT2D eigenvalue weighted by Crippen LogP contribution is 2.12. The Morgan fingerprint density at radius 3 is 2.75 bits per heavy atom. The number of rotatable bonds is 5. The summed E-state index contributed by atoms with van der Waals surface area (Å²) >= 11 is 0. The molecule has 0 aliphatic rings. The Labute approximate surface area is 95.7 Å². The fourth-order valence-electron chi connectivity index (χ4n) is 1.65. The van der Waals surface area contributed by atoms with Crippen LogP contribution in [0.1, 0.15) is 30.9 Å². The summed E-state index contributed by atoms with van der Waals surface area (Å²) in [6.45, 7) is 3.80. The van der Waals surface area contributed by atoms with Gasteiger partial charge in [-0.05, 0) is 36.6 Å². The summed E-state index contributed by atoms with van der Waals surface area (Å²) in [4.78, 5) is 11.7. The Morgan fingerprint density at radius 1 is 1.50 bits per heavy atom. The number of carbonyl (C=O) groups is 1. The molecular formula is C13H18FNO. The van der Waals surface area contributed by atoms with E-state index in [0.29, 0.717) is 12.8 Å². The van der Waals surface area contributed by atoms with Crippen molar-refractivity contribution in [2.45, 2.75) is 39.2 Å². The molecule has 1 rings (SSSR count). The van der Waals surface area contributed by atoms with Crippen LogP contribution in [0.2, 0.25) is 0 Å². The van der Waals surface area contributed by atoms with E-state index in [2.05, 4.69) is 0 Å². The van der Waals surface area contributed by atoms with Gasteiger partial charge in [0, 0.05) is 6.42 Å². The molecule has 2 nitrogen and oxygen atoms in total. The van der Waals surface area contributed by atoms with Crippen molar-refractivity contribution in [2.75, 3.05) is 0 Å². The summed E-state index contributed by atoms with van der Waals surface area (Å²) in [5, 5.41) is 0. The lowest BCUT2D eigenvalue weighted by Gasteiger charge is -2.10. The number of Topliss-reactive ketones (excluding diaryl/α,β-unsaturated/α-hetero) is 1. The van der Waals surface area contributed by atoms with Crippen molar-refractivity contribution in [1.29, 1.82) is 0 Å². The molecule has 0 spiro atoms. The second-order valence-corrected chi connectivity index (χ2v) is 4.11. The molecule has 1 aromatic rings. The van der Waals surface area contributed by atoms with Gasteiger partial charge in [0.05, 0.1) is 6.04 Å². The number of carbonyl (C=O) groups excluding carboxylic acids is 1. The van der Waals surface area contributed by atoms with Gasteiger partial charge in [-0.3, -0.25) is 4.79 Å².